The minimum atomic E-state index is -4.41. The normalized spacial score (nSPS) is 19.2. The van der Waals surface area contributed by atoms with E-state index in [9.17, 15) is 22.8 Å². The summed E-state index contributed by atoms with van der Waals surface area (Å²) in [4.78, 5) is 25.8. The number of nitrogens with zero attached hydrogens (tertiary/aromatic N) is 1. The van der Waals surface area contributed by atoms with Crippen LogP contribution in [0.5, 0.6) is 0 Å². The van der Waals surface area contributed by atoms with Gasteiger partial charge < -0.3 is 10.6 Å². The van der Waals surface area contributed by atoms with Crippen molar-refractivity contribution in [2.24, 2.45) is 5.92 Å². The summed E-state index contributed by atoms with van der Waals surface area (Å²) < 4.78 is 37.5. The number of hydrogen-bond donors (Lipinski definition) is 2. The Kier molecular flexibility index (Phi) is 5.48. The molecule has 2 N–H and O–H groups in total. The SMILES string of the molecule is CC(C)C1C(=O)NCCN1CC(=O)Nc1ccc(C(F)(F)F)cc1. The number of rotatable bonds is 4. The lowest BCUT2D eigenvalue weighted by atomic mass is 9.99. The third-order valence-corrected chi connectivity index (χ3v) is 3.83. The van der Waals surface area contributed by atoms with Gasteiger partial charge in [-0.1, -0.05) is 13.8 Å². The molecule has 1 aromatic carbocycles. The Hall–Kier alpha value is -2.09. The summed E-state index contributed by atoms with van der Waals surface area (Å²) in [7, 11) is 0. The third kappa shape index (κ3) is 4.47. The standard InChI is InChI=1S/C16H20F3N3O2/c1-10(2)14-15(24)20-7-8-22(14)9-13(23)21-12-5-3-11(4-6-12)16(17,18)19/h3-6,10,14H,7-9H2,1-2H3,(H,20,24)(H,21,23). The first-order chi connectivity index (χ1) is 11.2. The van der Waals surface area contributed by atoms with E-state index in [2.05, 4.69) is 10.6 Å². The van der Waals surface area contributed by atoms with Crippen molar-refractivity contribution in [3.8, 4) is 0 Å². The van der Waals surface area contributed by atoms with Crippen molar-refractivity contribution in [3.05, 3.63) is 29.8 Å². The molecule has 132 valence electrons. The van der Waals surface area contributed by atoms with E-state index in [0.717, 1.165) is 12.1 Å². The zero-order valence-electron chi connectivity index (χ0n) is 13.5. The molecule has 0 bridgehead atoms. The average Bonchev–Trinajstić information content (AvgIpc) is 2.46. The molecule has 0 saturated carbocycles. The smallest absolute Gasteiger partial charge is 0.353 e. The van der Waals surface area contributed by atoms with Gasteiger partial charge >= 0.3 is 6.18 Å². The molecule has 0 aromatic heterocycles. The molecule has 1 aromatic rings. The van der Waals surface area contributed by atoms with Gasteiger partial charge in [-0.2, -0.15) is 13.2 Å². The number of amides is 2. The zero-order valence-corrected chi connectivity index (χ0v) is 13.5. The zero-order chi connectivity index (χ0) is 17.9. The van der Waals surface area contributed by atoms with Crippen molar-refractivity contribution < 1.29 is 22.8 Å². The predicted molar refractivity (Wildman–Crippen MR) is 83.3 cm³/mol. The Morgan fingerprint density at radius 1 is 1.33 bits per heavy atom. The molecule has 1 aliphatic rings. The maximum absolute atomic E-state index is 12.5. The maximum Gasteiger partial charge on any atom is 0.416 e. The molecule has 0 radical (unpaired) electrons. The molecule has 1 saturated heterocycles. The van der Waals surface area contributed by atoms with Crippen molar-refractivity contribution in [1.29, 1.82) is 0 Å². The highest BCUT2D eigenvalue weighted by Crippen LogP contribution is 2.29. The van der Waals surface area contributed by atoms with E-state index in [1.165, 1.54) is 12.1 Å². The molecular formula is C16H20F3N3O2. The van der Waals surface area contributed by atoms with Gasteiger partial charge in [0.05, 0.1) is 18.2 Å². The highest BCUT2D eigenvalue weighted by Gasteiger charge is 2.33. The number of halogens is 3. The number of benzene rings is 1. The van der Waals surface area contributed by atoms with Crippen molar-refractivity contribution in [1.82, 2.24) is 10.2 Å². The Morgan fingerprint density at radius 3 is 2.50 bits per heavy atom. The van der Waals surface area contributed by atoms with E-state index >= 15 is 0 Å². The Labute approximate surface area is 138 Å². The van der Waals surface area contributed by atoms with Crippen LogP contribution in [-0.4, -0.2) is 42.4 Å². The Morgan fingerprint density at radius 2 is 1.96 bits per heavy atom. The van der Waals surface area contributed by atoms with Gasteiger partial charge in [-0.05, 0) is 30.2 Å². The van der Waals surface area contributed by atoms with Crippen LogP contribution in [0.3, 0.4) is 0 Å². The number of alkyl halides is 3. The van der Waals surface area contributed by atoms with E-state index in [0.29, 0.717) is 13.1 Å². The van der Waals surface area contributed by atoms with Gasteiger partial charge in [0.2, 0.25) is 11.8 Å². The van der Waals surface area contributed by atoms with Crippen LogP contribution < -0.4 is 10.6 Å². The Balaban J connectivity index is 1.98. The van der Waals surface area contributed by atoms with Crippen LogP contribution in [0.15, 0.2) is 24.3 Å². The van der Waals surface area contributed by atoms with Crippen LogP contribution in [-0.2, 0) is 15.8 Å². The Bertz CT molecular complexity index is 600. The average molecular weight is 343 g/mol. The highest BCUT2D eigenvalue weighted by atomic mass is 19.4. The predicted octanol–water partition coefficient (Wildman–Crippen LogP) is 2.10. The van der Waals surface area contributed by atoms with Gasteiger partial charge in [-0.3, -0.25) is 14.5 Å². The first-order valence-corrected chi connectivity index (χ1v) is 7.67. The first-order valence-electron chi connectivity index (χ1n) is 7.67. The minimum Gasteiger partial charge on any atom is -0.353 e. The molecule has 8 heteroatoms. The lowest BCUT2D eigenvalue weighted by Crippen LogP contribution is -2.58. The second kappa shape index (κ2) is 7.21. The number of carbonyl (C=O) groups excluding carboxylic acids is 2. The molecule has 1 unspecified atom stereocenters. The molecule has 0 spiro atoms. The molecule has 0 aliphatic carbocycles. The molecule has 5 nitrogen and oxygen atoms in total. The fraction of sp³-hybridized carbons (Fsp3) is 0.500. The number of hydrogen-bond acceptors (Lipinski definition) is 3. The summed E-state index contributed by atoms with van der Waals surface area (Å²) >= 11 is 0. The van der Waals surface area contributed by atoms with Crippen molar-refractivity contribution in [3.63, 3.8) is 0 Å². The molecule has 1 atom stereocenters. The van der Waals surface area contributed by atoms with Gasteiger partial charge in [0.25, 0.3) is 0 Å². The minimum absolute atomic E-state index is 0.0112. The van der Waals surface area contributed by atoms with E-state index in [4.69, 9.17) is 0 Å². The van der Waals surface area contributed by atoms with Gasteiger partial charge in [-0.15, -0.1) is 0 Å². The van der Waals surface area contributed by atoms with E-state index in [-0.39, 0.29) is 30.0 Å². The van der Waals surface area contributed by atoms with Gasteiger partial charge in [-0.25, -0.2) is 0 Å². The van der Waals surface area contributed by atoms with Crippen molar-refractivity contribution >= 4 is 17.5 Å². The number of nitrogens with one attached hydrogen (secondary N) is 2. The third-order valence-electron chi connectivity index (χ3n) is 3.83. The van der Waals surface area contributed by atoms with Crippen molar-refractivity contribution in [2.75, 3.05) is 25.0 Å². The summed E-state index contributed by atoms with van der Waals surface area (Å²) in [5, 5.41) is 5.33. The molecule has 2 rings (SSSR count). The van der Waals surface area contributed by atoms with Gasteiger partial charge in [0.1, 0.15) is 0 Å². The highest BCUT2D eigenvalue weighted by molar-refractivity contribution is 5.93. The van der Waals surface area contributed by atoms with Gasteiger partial charge in [0.15, 0.2) is 0 Å². The molecular weight excluding hydrogens is 323 g/mol. The quantitative estimate of drug-likeness (QED) is 0.880. The monoisotopic (exact) mass is 343 g/mol. The lowest BCUT2D eigenvalue weighted by molar-refractivity contribution is -0.137. The lowest BCUT2D eigenvalue weighted by Gasteiger charge is -2.36. The molecule has 24 heavy (non-hydrogen) atoms. The molecule has 1 aliphatic heterocycles. The maximum atomic E-state index is 12.5. The second-order valence-corrected chi connectivity index (χ2v) is 6.07. The molecule has 1 fully saturated rings. The first kappa shape index (κ1) is 18.3. The summed E-state index contributed by atoms with van der Waals surface area (Å²) in [6.45, 7) is 4.83. The fourth-order valence-electron chi connectivity index (χ4n) is 2.76. The summed E-state index contributed by atoms with van der Waals surface area (Å²) in [5.74, 6) is -0.433. The van der Waals surface area contributed by atoms with Gasteiger partial charge in [0, 0.05) is 18.8 Å². The van der Waals surface area contributed by atoms with Crippen LogP contribution in [0.4, 0.5) is 18.9 Å². The van der Waals surface area contributed by atoms with E-state index in [1.807, 2.05) is 13.8 Å². The van der Waals surface area contributed by atoms with Crippen LogP contribution in [0.2, 0.25) is 0 Å². The van der Waals surface area contributed by atoms with E-state index < -0.39 is 17.8 Å². The van der Waals surface area contributed by atoms with E-state index in [1.54, 1.807) is 4.90 Å². The van der Waals surface area contributed by atoms with Crippen molar-refractivity contribution in [2.45, 2.75) is 26.1 Å². The molecule has 2 amide bonds. The summed E-state index contributed by atoms with van der Waals surface area (Å²) in [6, 6.07) is 3.87. The molecule has 1 heterocycles. The fourth-order valence-corrected chi connectivity index (χ4v) is 2.76. The summed E-state index contributed by atoms with van der Waals surface area (Å²) in [6.07, 6.45) is -4.41. The summed E-state index contributed by atoms with van der Waals surface area (Å²) in [5.41, 5.74) is -0.483. The number of piperazine rings is 1. The van der Waals surface area contributed by atoms with Crippen LogP contribution in [0.25, 0.3) is 0 Å². The van der Waals surface area contributed by atoms with Crippen LogP contribution in [0.1, 0.15) is 19.4 Å². The second-order valence-electron chi connectivity index (χ2n) is 6.07. The van der Waals surface area contributed by atoms with Crippen LogP contribution in [0, 0.1) is 5.92 Å². The van der Waals surface area contributed by atoms with Crippen LogP contribution >= 0.6 is 0 Å². The topological polar surface area (TPSA) is 61.4 Å². The number of anilines is 1. The largest absolute Gasteiger partial charge is 0.416 e. The number of carbonyl (C=O) groups is 2.